The molecule has 3 N–H and O–H groups in total. The van der Waals surface area contributed by atoms with Crippen molar-refractivity contribution in [2.75, 3.05) is 18.1 Å². The largest absolute Gasteiger partial charge is 0.355 e. The highest BCUT2D eigenvalue weighted by molar-refractivity contribution is 7.99. The van der Waals surface area contributed by atoms with Crippen LogP contribution in [0.3, 0.4) is 0 Å². The number of nitrogen functional groups attached to an aromatic ring is 1. The quantitative estimate of drug-likeness (QED) is 0.622. The van der Waals surface area contributed by atoms with E-state index >= 15 is 0 Å². The van der Waals surface area contributed by atoms with Gasteiger partial charge in [-0.05, 0) is 18.1 Å². The van der Waals surface area contributed by atoms with Crippen molar-refractivity contribution in [1.29, 1.82) is 0 Å². The molecule has 0 atom stereocenters. The smallest absolute Gasteiger partial charge is 0.230 e. The van der Waals surface area contributed by atoms with Crippen LogP contribution in [0.15, 0.2) is 29.4 Å². The molecule has 1 aromatic carbocycles. The van der Waals surface area contributed by atoms with Crippen molar-refractivity contribution in [3.8, 4) is 11.4 Å². The third-order valence-electron chi connectivity index (χ3n) is 2.79. The van der Waals surface area contributed by atoms with E-state index < -0.39 is 0 Å². The van der Waals surface area contributed by atoms with Gasteiger partial charge < -0.3 is 11.2 Å². The fourth-order valence-corrected chi connectivity index (χ4v) is 2.58. The van der Waals surface area contributed by atoms with Crippen molar-refractivity contribution in [2.45, 2.75) is 19.0 Å². The Morgan fingerprint density at radius 3 is 2.91 bits per heavy atom. The van der Waals surface area contributed by atoms with E-state index in [1.54, 1.807) is 12.1 Å². The fraction of sp³-hybridized carbons (Fsp3) is 0.357. The van der Waals surface area contributed by atoms with Gasteiger partial charge in [0.15, 0.2) is 5.82 Å². The Labute approximate surface area is 138 Å². The van der Waals surface area contributed by atoms with E-state index in [1.807, 2.05) is 26.0 Å². The van der Waals surface area contributed by atoms with Crippen molar-refractivity contribution in [1.82, 2.24) is 20.2 Å². The van der Waals surface area contributed by atoms with Crippen LogP contribution in [0.4, 0.5) is 0 Å². The van der Waals surface area contributed by atoms with Crippen LogP contribution < -0.4 is 11.2 Å². The zero-order valence-corrected chi connectivity index (χ0v) is 14.0. The van der Waals surface area contributed by atoms with Crippen LogP contribution >= 0.6 is 23.4 Å². The molecule has 0 aliphatic carbocycles. The second-order valence-corrected chi connectivity index (χ2v) is 6.55. The van der Waals surface area contributed by atoms with Crippen LogP contribution in [0, 0.1) is 5.92 Å². The molecular formula is C14H18ClN5OS. The molecule has 6 nitrogen and oxygen atoms in total. The molecule has 0 spiro atoms. The van der Waals surface area contributed by atoms with Crippen molar-refractivity contribution in [3.63, 3.8) is 0 Å². The van der Waals surface area contributed by atoms with Crippen LogP contribution in [0.25, 0.3) is 11.4 Å². The Morgan fingerprint density at radius 1 is 1.45 bits per heavy atom. The summed E-state index contributed by atoms with van der Waals surface area (Å²) in [5, 5.41) is 12.0. The Hall–Kier alpha value is -1.73. The number of hydrogen-bond donors (Lipinski definition) is 2. The highest BCUT2D eigenvalue weighted by Crippen LogP contribution is 2.23. The lowest BCUT2D eigenvalue weighted by atomic mass is 10.2. The first-order valence-corrected chi connectivity index (χ1v) is 8.19. The molecule has 1 heterocycles. The SMILES string of the molecule is CC(C)CNC(=O)CSc1nnc(-c2cccc(Cl)c2)n1N. The number of nitrogens with two attached hydrogens (primary N) is 1. The molecule has 0 fully saturated rings. The number of amides is 1. The number of aromatic nitrogens is 3. The van der Waals surface area contributed by atoms with Gasteiger partial charge in [-0.3, -0.25) is 4.79 Å². The van der Waals surface area contributed by atoms with E-state index in [0.717, 1.165) is 5.56 Å². The Balaban J connectivity index is 2.01. The van der Waals surface area contributed by atoms with Gasteiger partial charge in [0.1, 0.15) is 0 Å². The van der Waals surface area contributed by atoms with Gasteiger partial charge in [-0.1, -0.05) is 49.3 Å². The minimum Gasteiger partial charge on any atom is -0.355 e. The van der Waals surface area contributed by atoms with Crippen LogP contribution in [0.1, 0.15) is 13.8 Å². The highest BCUT2D eigenvalue weighted by Gasteiger charge is 2.14. The predicted molar refractivity (Wildman–Crippen MR) is 89.2 cm³/mol. The molecule has 1 amide bonds. The average molecular weight is 340 g/mol. The van der Waals surface area contributed by atoms with Crippen molar-refractivity contribution in [3.05, 3.63) is 29.3 Å². The first kappa shape index (κ1) is 16.6. The molecule has 0 aliphatic rings. The van der Waals surface area contributed by atoms with Gasteiger partial charge >= 0.3 is 0 Å². The van der Waals surface area contributed by atoms with Gasteiger partial charge in [0.25, 0.3) is 0 Å². The normalized spacial score (nSPS) is 10.9. The van der Waals surface area contributed by atoms with Crippen LogP contribution in [0.5, 0.6) is 0 Å². The fourth-order valence-electron chi connectivity index (χ4n) is 1.70. The third-order valence-corrected chi connectivity index (χ3v) is 3.97. The minimum absolute atomic E-state index is 0.0500. The Morgan fingerprint density at radius 2 is 2.23 bits per heavy atom. The lowest BCUT2D eigenvalue weighted by Crippen LogP contribution is -2.29. The molecule has 118 valence electrons. The summed E-state index contributed by atoms with van der Waals surface area (Å²) in [5.41, 5.74) is 0.776. The van der Waals surface area contributed by atoms with E-state index in [1.165, 1.54) is 16.4 Å². The molecule has 1 aromatic heterocycles. The van der Waals surface area contributed by atoms with Crippen LogP contribution in [-0.2, 0) is 4.79 Å². The molecule has 0 saturated carbocycles. The summed E-state index contributed by atoms with van der Waals surface area (Å²) in [6.45, 7) is 4.74. The summed E-state index contributed by atoms with van der Waals surface area (Å²) >= 11 is 7.21. The van der Waals surface area contributed by atoms with Gasteiger partial charge in [0.05, 0.1) is 5.75 Å². The Kier molecular flexibility index (Phi) is 5.68. The number of rotatable bonds is 6. The first-order chi connectivity index (χ1) is 10.5. The Bertz CT molecular complexity index is 658. The number of nitrogens with one attached hydrogen (secondary N) is 1. The monoisotopic (exact) mass is 339 g/mol. The topological polar surface area (TPSA) is 85.8 Å². The zero-order valence-electron chi connectivity index (χ0n) is 12.4. The predicted octanol–water partition coefficient (Wildman–Crippen LogP) is 2.18. The second kappa shape index (κ2) is 7.51. The second-order valence-electron chi connectivity index (χ2n) is 5.17. The van der Waals surface area contributed by atoms with Crippen molar-refractivity contribution < 1.29 is 4.79 Å². The number of thioether (sulfide) groups is 1. The molecular weight excluding hydrogens is 322 g/mol. The molecule has 22 heavy (non-hydrogen) atoms. The van der Waals surface area contributed by atoms with E-state index in [4.69, 9.17) is 17.4 Å². The number of carbonyl (C=O) groups excluding carboxylic acids is 1. The van der Waals surface area contributed by atoms with E-state index in [9.17, 15) is 4.79 Å². The summed E-state index contributed by atoms with van der Waals surface area (Å²) in [7, 11) is 0. The molecule has 0 bridgehead atoms. The summed E-state index contributed by atoms with van der Waals surface area (Å²) in [5.74, 6) is 7.11. The van der Waals surface area contributed by atoms with Gasteiger partial charge in [-0.15, -0.1) is 10.2 Å². The van der Waals surface area contributed by atoms with Gasteiger partial charge in [-0.25, -0.2) is 4.68 Å². The van der Waals surface area contributed by atoms with Gasteiger partial charge in [0.2, 0.25) is 11.1 Å². The molecule has 2 rings (SSSR count). The summed E-state index contributed by atoms with van der Waals surface area (Å²) in [6, 6.07) is 7.21. The number of halogens is 1. The third kappa shape index (κ3) is 4.38. The first-order valence-electron chi connectivity index (χ1n) is 6.83. The molecule has 2 aromatic rings. The number of carbonyl (C=O) groups is 1. The molecule has 0 aliphatic heterocycles. The van der Waals surface area contributed by atoms with E-state index in [2.05, 4.69) is 15.5 Å². The van der Waals surface area contributed by atoms with Crippen LogP contribution in [0.2, 0.25) is 5.02 Å². The zero-order chi connectivity index (χ0) is 16.1. The van der Waals surface area contributed by atoms with E-state index in [0.29, 0.717) is 28.5 Å². The summed E-state index contributed by atoms with van der Waals surface area (Å²) in [4.78, 5) is 11.7. The van der Waals surface area contributed by atoms with E-state index in [-0.39, 0.29) is 11.7 Å². The molecule has 0 radical (unpaired) electrons. The van der Waals surface area contributed by atoms with Crippen molar-refractivity contribution in [2.24, 2.45) is 5.92 Å². The molecule has 8 heteroatoms. The lowest BCUT2D eigenvalue weighted by Gasteiger charge is -2.07. The maximum absolute atomic E-state index is 11.7. The lowest BCUT2D eigenvalue weighted by molar-refractivity contribution is -0.118. The number of hydrogen-bond acceptors (Lipinski definition) is 5. The number of benzene rings is 1. The minimum atomic E-state index is -0.0500. The summed E-state index contributed by atoms with van der Waals surface area (Å²) in [6.07, 6.45) is 0. The van der Waals surface area contributed by atoms with Crippen molar-refractivity contribution >= 4 is 29.3 Å². The maximum Gasteiger partial charge on any atom is 0.230 e. The maximum atomic E-state index is 11.7. The average Bonchev–Trinajstić information content (AvgIpc) is 2.84. The number of nitrogens with zero attached hydrogens (tertiary/aromatic N) is 3. The van der Waals surface area contributed by atoms with Gasteiger partial charge in [-0.2, -0.15) is 0 Å². The molecule has 0 unspecified atom stereocenters. The standard InChI is InChI=1S/C14H18ClN5OS/c1-9(2)7-17-12(21)8-22-14-19-18-13(20(14)16)10-4-3-5-11(15)6-10/h3-6,9H,7-8,16H2,1-2H3,(H,17,21). The summed E-state index contributed by atoms with van der Waals surface area (Å²) < 4.78 is 1.37. The van der Waals surface area contributed by atoms with Crippen LogP contribution in [-0.4, -0.2) is 33.1 Å². The highest BCUT2D eigenvalue weighted by atomic mass is 35.5. The molecule has 0 saturated heterocycles. The van der Waals surface area contributed by atoms with Gasteiger partial charge in [0, 0.05) is 17.1 Å².